The Labute approximate surface area is 140 Å². The smallest absolute Gasteiger partial charge is 0.303 e. The molecule has 0 saturated heterocycles. The van der Waals surface area contributed by atoms with E-state index in [1.807, 2.05) is 18.4 Å². The lowest BCUT2D eigenvalue weighted by Crippen LogP contribution is -2.29. The number of unbranched alkanes of at least 4 members (excludes halogenated alkanes) is 3. The highest BCUT2D eigenvalue weighted by atomic mass is 16.2. The topological polar surface area (TPSA) is 97.1 Å². The number of hydrogen-bond acceptors (Lipinski definition) is 5. The lowest BCUT2D eigenvalue weighted by Gasteiger charge is -2.08. The van der Waals surface area contributed by atoms with Crippen LogP contribution in [0, 0.1) is 0 Å². The third-order valence-electron chi connectivity index (χ3n) is 4.10. The maximum atomic E-state index is 12.3. The van der Waals surface area contributed by atoms with Crippen molar-refractivity contribution in [1.29, 1.82) is 0 Å². The summed E-state index contributed by atoms with van der Waals surface area (Å²) in [7, 11) is 1.60. The highest BCUT2D eigenvalue weighted by Crippen LogP contribution is 2.17. The van der Waals surface area contributed by atoms with Gasteiger partial charge in [-0.2, -0.15) is 10.1 Å². The summed E-state index contributed by atoms with van der Waals surface area (Å²) in [5.41, 5.74) is 3.76. The second-order valence-corrected chi connectivity index (χ2v) is 5.95. The molecule has 2 aromatic rings. The van der Waals surface area contributed by atoms with E-state index in [1.165, 1.54) is 4.57 Å². The van der Waals surface area contributed by atoms with Gasteiger partial charge in [-0.05, 0) is 19.8 Å². The Hall–Kier alpha value is -2.38. The van der Waals surface area contributed by atoms with Gasteiger partial charge in [0.05, 0.1) is 0 Å². The lowest BCUT2D eigenvalue weighted by molar-refractivity contribution is 0.593. The van der Waals surface area contributed by atoms with Crippen molar-refractivity contribution in [2.75, 3.05) is 5.43 Å². The molecular weight excluding hydrogens is 308 g/mol. The number of aromatic amines is 1. The zero-order valence-electron chi connectivity index (χ0n) is 14.8. The van der Waals surface area contributed by atoms with Gasteiger partial charge < -0.3 is 4.57 Å². The number of H-pyrrole nitrogens is 1. The number of anilines is 1. The van der Waals surface area contributed by atoms with E-state index in [-0.39, 0.29) is 0 Å². The van der Waals surface area contributed by atoms with Gasteiger partial charge in [-0.25, -0.2) is 10.2 Å². The van der Waals surface area contributed by atoms with Crippen molar-refractivity contribution in [3.8, 4) is 0 Å². The van der Waals surface area contributed by atoms with Gasteiger partial charge in [-0.1, -0.05) is 33.1 Å². The zero-order valence-corrected chi connectivity index (χ0v) is 14.8. The van der Waals surface area contributed by atoms with Crippen molar-refractivity contribution in [3.63, 3.8) is 0 Å². The van der Waals surface area contributed by atoms with E-state index in [1.54, 1.807) is 7.05 Å². The summed E-state index contributed by atoms with van der Waals surface area (Å²) in [6, 6.07) is 0. The monoisotopic (exact) mass is 334 g/mol. The summed E-state index contributed by atoms with van der Waals surface area (Å²) in [6.07, 6.45) is 5.13. The highest BCUT2D eigenvalue weighted by molar-refractivity contribution is 5.82. The molecule has 8 heteroatoms. The van der Waals surface area contributed by atoms with E-state index >= 15 is 0 Å². The minimum atomic E-state index is -0.470. The van der Waals surface area contributed by atoms with Gasteiger partial charge in [-0.15, -0.1) is 0 Å². The minimum absolute atomic E-state index is 0.367. The minimum Gasteiger partial charge on any atom is -0.303 e. The summed E-state index contributed by atoms with van der Waals surface area (Å²) in [6.45, 7) is 6.75. The summed E-state index contributed by atoms with van der Waals surface area (Å²) in [5, 5.41) is 4.28. The van der Waals surface area contributed by atoms with Gasteiger partial charge in [0.25, 0.3) is 5.56 Å². The maximum absolute atomic E-state index is 12.3. The number of aromatic nitrogens is 4. The molecule has 0 bridgehead atoms. The molecule has 2 aromatic heterocycles. The molecule has 0 unspecified atom stereocenters. The van der Waals surface area contributed by atoms with E-state index in [4.69, 9.17) is 0 Å². The molecule has 8 nitrogen and oxygen atoms in total. The average Bonchev–Trinajstić information content (AvgIpc) is 2.93. The van der Waals surface area contributed by atoms with E-state index in [0.717, 1.165) is 37.8 Å². The van der Waals surface area contributed by atoms with Gasteiger partial charge in [0.15, 0.2) is 11.2 Å². The molecule has 0 spiro atoms. The Bertz CT molecular complexity index is 843. The Balaban J connectivity index is 2.49. The van der Waals surface area contributed by atoms with Crippen molar-refractivity contribution in [1.82, 2.24) is 19.1 Å². The molecule has 0 aliphatic carbocycles. The molecule has 24 heavy (non-hydrogen) atoms. The summed E-state index contributed by atoms with van der Waals surface area (Å²) in [4.78, 5) is 30.8. The van der Waals surface area contributed by atoms with E-state index in [0.29, 0.717) is 23.7 Å². The molecule has 0 amide bonds. The van der Waals surface area contributed by atoms with Crippen molar-refractivity contribution in [3.05, 3.63) is 20.8 Å². The fourth-order valence-corrected chi connectivity index (χ4v) is 2.46. The first-order valence-electron chi connectivity index (χ1n) is 8.48. The Morgan fingerprint density at radius 1 is 1.25 bits per heavy atom. The number of nitrogens with one attached hydrogen (secondary N) is 2. The third-order valence-corrected chi connectivity index (χ3v) is 4.10. The number of imidazole rings is 1. The van der Waals surface area contributed by atoms with E-state index in [2.05, 4.69) is 27.4 Å². The number of rotatable bonds is 8. The highest BCUT2D eigenvalue weighted by Gasteiger charge is 2.16. The Kier molecular flexibility index (Phi) is 5.94. The van der Waals surface area contributed by atoms with Crippen molar-refractivity contribution in [2.45, 2.75) is 59.4 Å². The Morgan fingerprint density at radius 3 is 2.67 bits per heavy atom. The zero-order chi connectivity index (χ0) is 17.7. The molecule has 0 radical (unpaired) electrons. The van der Waals surface area contributed by atoms with Crippen molar-refractivity contribution in [2.24, 2.45) is 12.1 Å². The van der Waals surface area contributed by atoms with Gasteiger partial charge >= 0.3 is 5.69 Å². The standard InChI is InChI=1S/C16H26N6O2/c1-5-7-8-9-10-22-12-13(21(4)16(24)18-14(12)23)17-15(22)20-19-11(3)6-2/h5-10H2,1-4H3,(H,17,20)(H,18,23,24). The van der Waals surface area contributed by atoms with Crippen molar-refractivity contribution >= 4 is 22.8 Å². The lowest BCUT2D eigenvalue weighted by atomic mass is 10.2. The number of aryl methyl sites for hydroxylation is 2. The van der Waals surface area contributed by atoms with E-state index < -0.39 is 11.2 Å². The summed E-state index contributed by atoms with van der Waals surface area (Å²) < 4.78 is 3.16. The predicted octanol–water partition coefficient (Wildman–Crippen LogP) is 2.20. The number of hydrazone groups is 1. The van der Waals surface area contributed by atoms with Gasteiger partial charge in [0, 0.05) is 19.3 Å². The normalized spacial score (nSPS) is 12.1. The number of hydrogen-bond donors (Lipinski definition) is 2. The number of nitrogens with zero attached hydrogens (tertiary/aromatic N) is 4. The van der Waals surface area contributed by atoms with Crippen LogP contribution in [0.5, 0.6) is 0 Å². The van der Waals surface area contributed by atoms with Crippen molar-refractivity contribution < 1.29 is 0 Å². The second kappa shape index (κ2) is 7.94. The molecule has 0 aliphatic heterocycles. The molecule has 2 N–H and O–H groups in total. The largest absolute Gasteiger partial charge is 0.329 e. The molecule has 0 saturated carbocycles. The van der Waals surface area contributed by atoms with Crippen LogP contribution < -0.4 is 16.7 Å². The van der Waals surface area contributed by atoms with Crippen LogP contribution in [0.1, 0.15) is 52.9 Å². The fraction of sp³-hybridized carbons (Fsp3) is 0.625. The Morgan fingerprint density at radius 2 is 2.00 bits per heavy atom. The fourth-order valence-electron chi connectivity index (χ4n) is 2.46. The van der Waals surface area contributed by atoms with Gasteiger partial charge in [0.2, 0.25) is 5.95 Å². The molecule has 0 fully saturated rings. The first-order chi connectivity index (χ1) is 11.5. The molecule has 132 valence electrons. The number of fused-ring (bicyclic) bond motifs is 1. The van der Waals surface area contributed by atoms with Gasteiger partial charge in [0.1, 0.15) is 0 Å². The molecule has 2 rings (SSSR count). The molecular formula is C16H26N6O2. The predicted molar refractivity (Wildman–Crippen MR) is 96.8 cm³/mol. The summed E-state index contributed by atoms with van der Waals surface area (Å²) in [5.74, 6) is 0.487. The van der Waals surface area contributed by atoms with Crippen LogP contribution in [0.3, 0.4) is 0 Å². The van der Waals surface area contributed by atoms with E-state index in [9.17, 15) is 9.59 Å². The van der Waals surface area contributed by atoms with Crippen LogP contribution in [0.15, 0.2) is 14.7 Å². The molecule has 0 atom stereocenters. The quantitative estimate of drug-likeness (QED) is 0.439. The third kappa shape index (κ3) is 3.74. The van der Waals surface area contributed by atoms with Crippen LogP contribution in [-0.4, -0.2) is 24.8 Å². The summed E-state index contributed by atoms with van der Waals surface area (Å²) >= 11 is 0. The molecule has 0 aliphatic rings. The maximum Gasteiger partial charge on any atom is 0.329 e. The van der Waals surface area contributed by atoms with Crippen LogP contribution in [-0.2, 0) is 13.6 Å². The van der Waals surface area contributed by atoms with Crippen LogP contribution in [0.25, 0.3) is 11.2 Å². The van der Waals surface area contributed by atoms with Gasteiger partial charge in [-0.3, -0.25) is 14.3 Å². The average molecular weight is 334 g/mol. The van der Waals surface area contributed by atoms with Crippen LogP contribution >= 0.6 is 0 Å². The molecule has 0 aromatic carbocycles. The molecule has 2 heterocycles. The first kappa shape index (κ1) is 18.0. The van der Waals surface area contributed by atoms with Crippen LogP contribution in [0.2, 0.25) is 0 Å². The first-order valence-corrected chi connectivity index (χ1v) is 8.48. The SMILES string of the molecule is CCCCCCn1c(NN=C(C)CC)nc2c1c(=O)[nH]c(=O)n2C. The second-order valence-electron chi connectivity index (χ2n) is 5.95. The van der Waals surface area contributed by atoms with Crippen LogP contribution in [0.4, 0.5) is 5.95 Å².